The molecule has 1 aliphatic heterocycles. The summed E-state index contributed by atoms with van der Waals surface area (Å²) < 4.78 is 10.2. The largest absolute Gasteiger partial charge is 0.384 e. The van der Waals surface area contributed by atoms with Crippen LogP contribution in [0, 0.1) is 0 Å². The second-order valence-corrected chi connectivity index (χ2v) is 4.87. The van der Waals surface area contributed by atoms with Crippen LogP contribution in [0.25, 0.3) is 0 Å². The normalized spacial score (nSPS) is 20.2. The van der Waals surface area contributed by atoms with Crippen LogP contribution in [0.15, 0.2) is 0 Å². The number of nitrogens with one attached hydrogen (secondary N) is 2. The van der Waals surface area contributed by atoms with Gasteiger partial charge in [-0.05, 0) is 0 Å². The topological polar surface area (TPSA) is 66.0 Å². The monoisotopic (exact) mass is 261 g/mol. The molecule has 0 bridgehead atoms. The second-order valence-electron chi connectivity index (χ2n) is 4.87. The van der Waals surface area contributed by atoms with Crippen molar-refractivity contribution in [3.63, 3.8) is 0 Å². The van der Waals surface area contributed by atoms with Crippen molar-refractivity contribution in [1.29, 1.82) is 0 Å². The molecule has 0 aromatic carbocycles. The van der Waals surface area contributed by atoms with Crippen molar-refractivity contribution in [3.8, 4) is 0 Å². The summed E-state index contributed by atoms with van der Waals surface area (Å²) in [4.78, 5) is 2.24. The average molecular weight is 261 g/mol. The highest BCUT2D eigenvalue weighted by Gasteiger charge is 2.29. The SMILES string of the molecule is COCC(O)(COC)CN1CCNCCNCC1. The zero-order chi connectivity index (χ0) is 13.3. The van der Waals surface area contributed by atoms with E-state index in [0.29, 0.717) is 6.54 Å². The van der Waals surface area contributed by atoms with Gasteiger partial charge in [0, 0.05) is 60.0 Å². The molecule has 0 radical (unpaired) electrons. The van der Waals surface area contributed by atoms with E-state index < -0.39 is 5.60 Å². The fourth-order valence-corrected chi connectivity index (χ4v) is 2.26. The van der Waals surface area contributed by atoms with E-state index in [0.717, 1.165) is 39.3 Å². The summed E-state index contributed by atoms with van der Waals surface area (Å²) in [7, 11) is 3.20. The number of hydrogen-bond acceptors (Lipinski definition) is 6. The lowest BCUT2D eigenvalue weighted by molar-refractivity contribution is -0.0928. The first kappa shape index (κ1) is 15.8. The molecule has 1 heterocycles. The summed E-state index contributed by atoms with van der Waals surface area (Å²) in [5.41, 5.74) is -0.933. The van der Waals surface area contributed by atoms with Crippen LogP contribution in [0.4, 0.5) is 0 Å². The van der Waals surface area contributed by atoms with Crippen molar-refractivity contribution in [3.05, 3.63) is 0 Å². The van der Waals surface area contributed by atoms with Gasteiger partial charge in [0.25, 0.3) is 0 Å². The van der Waals surface area contributed by atoms with Gasteiger partial charge in [-0.1, -0.05) is 0 Å². The summed E-state index contributed by atoms with van der Waals surface area (Å²) in [6.07, 6.45) is 0. The Morgan fingerprint density at radius 1 is 1.00 bits per heavy atom. The zero-order valence-electron chi connectivity index (χ0n) is 11.6. The molecule has 1 saturated heterocycles. The van der Waals surface area contributed by atoms with Gasteiger partial charge in [-0.25, -0.2) is 0 Å². The predicted octanol–water partition coefficient (Wildman–Crippen LogP) is -1.49. The molecule has 1 fully saturated rings. The van der Waals surface area contributed by atoms with E-state index in [2.05, 4.69) is 15.5 Å². The molecule has 0 atom stereocenters. The lowest BCUT2D eigenvalue weighted by Crippen LogP contribution is -2.51. The zero-order valence-corrected chi connectivity index (χ0v) is 11.6. The summed E-state index contributed by atoms with van der Waals surface area (Å²) >= 11 is 0. The Morgan fingerprint density at radius 2 is 1.50 bits per heavy atom. The van der Waals surface area contributed by atoms with E-state index in [-0.39, 0.29) is 13.2 Å². The van der Waals surface area contributed by atoms with Crippen molar-refractivity contribution in [2.24, 2.45) is 0 Å². The summed E-state index contributed by atoms with van der Waals surface area (Å²) in [5.74, 6) is 0. The molecule has 3 N–H and O–H groups in total. The van der Waals surface area contributed by atoms with Crippen LogP contribution in [0.1, 0.15) is 0 Å². The van der Waals surface area contributed by atoms with Gasteiger partial charge < -0.3 is 25.2 Å². The number of ether oxygens (including phenoxy) is 2. The Kier molecular flexibility index (Phi) is 7.73. The van der Waals surface area contributed by atoms with E-state index in [1.165, 1.54) is 0 Å². The third kappa shape index (κ3) is 6.08. The van der Waals surface area contributed by atoms with Gasteiger partial charge in [0.1, 0.15) is 5.60 Å². The fraction of sp³-hybridized carbons (Fsp3) is 1.00. The fourth-order valence-electron chi connectivity index (χ4n) is 2.26. The molecule has 0 aromatic rings. The molecule has 6 heteroatoms. The molecule has 0 spiro atoms. The second kappa shape index (κ2) is 8.79. The molecule has 0 aromatic heterocycles. The predicted molar refractivity (Wildman–Crippen MR) is 70.9 cm³/mol. The van der Waals surface area contributed by atoms with Crippen molar-refractivity contribution in [1.82, 2.24) is 15.5 Å². The maximum absolute atomic E-state index is 10.5. The molecule has 1 aliphatic rings. The average Bonchev–Trinajstić information content (AvgIpc) is 2.43. The number of aliphatic hydroxyl groups is 1. The molecule has 108 valence electrons. The highest BCUT2D eigenvalue weighted by atomic mass is 16.5. The Hall–Kier alpha value is -0.240. The van der Waals surface area contributed by atoms with Gasteiger partial charge in [0.05, 0.1) is 13.2 Å². The van der Waals surface area contributed by atoms with Crippen molar-refractivity contribution < 1.29 is 14.6 Å². The lowest BCUT2D eigenvalue weighted by Gasteiger charge is -2.33. The molecule has 6 nitrogen and oxygen atoms in total. The van der Waals surface area contributed by atoms with Crippen molar-refractivity contribution >= 4 is 0 Å². The van der Waals surface area contributed by atoms with Crippen LogP contribution in [-0.4, -0.2) is 88.9 Å². The lowest BCUT2D eigenvalue weighted by atomic mass is 10.1. The van der Waals surface area contributed by atoms with Crippen LogP contribution in [0.2, 0.25) is 0 Å². The Balaban J connectivity index is 2.48. The molecule has 18 heavy (non-hydrogen) atoms. The Morgan fingerprint density at radius 3 is 1.94 bits per heavy atom. The van der Waals surface area contributed by atoms with E-state index in [4.69, 9.17) is 9.47 Å². The maximum Gasteiger partial charge on any atom is 0.124 e. The maximum atomic E-state index is 10.5. The molecular weight excluding hydrogens is 234 g/mol. The van der Waals surface area contributed by atoms with Gasteiger partial charge in [-0.3, -0.25) is 4.90 Å². The van der Waals surface area contributed by atoms with Crippen LogP contribution < -0.4 is 10.6 Å². The quantitative estimate of drug-likeness (QED) is 0.541. The van der Waals surface area contributed by atoms with Gasteiger partial charge in [-0.15, -0.1) is 0 Å². The summed E-state index contributed by atoms with van der Waals surface area (Å²) in [6.45, 7) is 6.88. The number of β-amino-alcohol motifs (C(OH)–C–C–N with tert-alkyl or cyclic N) is 1. The smallest absolute Gasteiger partial charge is 0.124 e. The van der Waals surface area contributed by atoms with E-state index in [1.54, 1.807) is 14.2 Å². The van der Waals surface area contributed by atoms with E-state index in [1.807, 2.05) is 0 Å². The van der Waals surface area contributed by atoms with Crippen LogP contribution in [0.3, 0.4) is 0 Å². The summed E-state index contributed by atoms with van der Waals surface area (Å²) in [5, 5.41) is 17.2. The third-order valence-electron chi connectivity index (χ3n) is 3.03. The van der Waals surface area contributed by atoms with Crippen molar-refractivity contribution in [2.45, 2.75) is 5.60 Å². The highest BCUT2D eigenvalue weighted by molar-refractivity contribution is 4.83. The van der Waals surface area contributed by atoms with Gasteiger partial charge in [0.15, 0.2) is 0 Å². The first-order valence-corrected chi connectivity index (χ1v) is 6.54. The molecule has 1 rings (SSSR count). The number of nitrogens with zero attached hydrogens (tertiary/aromatic N) is 1. The van der Waals surface area contributed by atoms with Gasteiger partial charge in [-0.2, -0.15) is 0 Å². The minimum absolute atomic E-state index is 0.290. The minimum Gasteiger partial charge on any atom is -0.384 e. The standard InChI is InChI=1S/C12H27N3O3/c1-17-10-12(16,11-18-2)9-15-7-5-13-3-4-14-6-8-15/h13-14,16H,3-11H2,1-2H3. The van der Waals surface area contributed by atoms with Crippen LogP contribution >= 0.6 is 0 Å². The first-order chi connectivity index (χ1) is 8.70. The van der Waals surface area contributed by atoms with E-state index >= 15 is 0 Å². The first-order valence-electron chi connectivity index (χ1n) is 6.54. The molecule has 0 aliphatic carbocycles. The molecular formula is C12H27N3O3. The van der Waals surface area contributed by atoms with Gasteiger partial charge >= 0.3 is 0 Å². The number of hydrogen-bond donors (Lipinski definition) is 3. The third-order valence-corrected chi connectivity index (χ3v) is 3.03. The molecule has 0 saturated carbocycles. The van der Waals surface area contributed by atoms with Crippen LogP contribution in [-0.2, 0) is 9.47 Å². The highest BCUT2D eigenvalue weighted by Crippen LogP contribution is 2.09. The number of rotatable bonds is 6. The molecule has 0 unspecified atom stereocenters. The Labute approximate surface area is 110 Å². The number of methoxy groups -OCH3 is 2. The Bertz CT molecular complexity index is 201. The van der Waals surface area contributed by atoms with Gasteiger partial charge in [0.2, 0.25) is 0 Å². The minimum atomic E-state index is -0.933. The van der Waals surface area contributed by atoms with Crippen molar-refractivity contribution in [2.75, 3.05) is 73.2 Å². The summed E-state index contributed by atoms with van der Waals surface area (Å²) in [6, 6.07) is 0. The molecule has 0 amide bonds. The van der Waals surface area contributed by atoms with Crippen LogP contribution in [0.5, 0.6) is 0 Å². The van der Waals surface area contributed by atoms with E-state index in [9.17, 15) is 5.11 Å².